The number of oxazole rings is 1. The average molecular weight is 529 g/mol. The van der Waals surface area contributed by atoms with Gasteiger partial charge in [-0.25, -0.2) is 4.98 Å². The first-order valence-corrected chi connectivity index (χ1v) is 11.4. The van der Waals surface area contributed by atoms with Crippen LogP contribution in [0.25, 0.3) is 22.6 Å². The van der Waals surface area contributed by atoms with Crippen LogP contribution in [-0.4, -0.2) is 16.0 Å². The van der Waals surface area contributed by atoms with Gasteiger partial charge in [0.2, 0.25) is 5.89 Å². The van der Waals surface area contributed by atoms with Crippen molar-refractivity contribution in [2.24, 2.45) is 0 Å². The number of amides is 1. The van der Waals surface area contributed by atoms with Crippen LogP contribution in [0.3, 0.4) is 0 Å². The number of anilines is 1. The zero-order valence-corrected chi connectivity index (χ0v) is 20.7. The van der Waals surface area contributed by atoms with E-state index in [1.165, 1.54) is 0 Å². The van der Waals surface area contributed by atoms with Gasteiger partial charge in [0.15, 0.2) is 10.7 Å². The SMILES string of the molecule is Cc1cc2nc(-c3ccc(C)c(NC(=S)NC(=O)c4cc(Br)ccc4Cl)c3)oc2cc1C. The van der Waals surface area contributed by atoms with Crippen LogP contribution in [0, 0.1) is 20.8 Å². The number of carbonyl (C=O) groups excluding carboxylic acids is 1. The summed E-state index contributed by atoms with van der Waals surface area (Å²) in [4.78, 5) is 17.2. The van der Waals surface area contributed by atoms with Crippen LogP contribution in [-0.2, 0) is 0 Å². The van der Waals surface area contributed by atoms with E-state index >= 15 is 0 Å². The Hall–Kier alpha value is -2.74. The van der Waals surface area contributed by atoms with Crippen LogP contribution < -0.4 is 10.6 Å². The molecule has 32 heavy (non-hydrogen) atoms. The standard InChI is InChI=1S/C24H19BrClN3O2S/c1-12-4-5-15(23-27-20-8-13(2)14(3)9-21(20)31-23)10-19(12)28-24(32)29-22(30)17-11-16(25)6-7-18(17)26/h4-11H,1-3H3,(H2,28,29,30,32). The molecule has 0 spiro atoms. The van der Waals surface area contributed by atoms with E-state index in [1.807, 2.05) is 51.1 Å². The fourth-order valence-electron chi connectivity index (χ4n) is 3.19. The Morgan fingerprint density at radius 1 is 1.03 bits per heavy atom. The van der Waals surface area contributed by atoms with E-state index in [0.717, 1.165) is 43.5 Å². The number of aryl methyl sites for hydroxylation is 3. The third-order valence-corrected chi connectivity index (χ3v) is 6.16. The summed E-state index contributed by atoms with van der Waals surface area (Å²) in [6.07, 6.45) is 0. The van der Waals surface area contributed by atoms with Crippen molar-refractivity contribution in [1.29, 1.82) is 0 Å². The van der Waals surface area contributed by atoms with Gasteiger partial charge in [0.05, 0.1) is 10.6 Å². The molecule has 1 aromatic heterocycles. The topological polar surface area (TPSA) is 67.2 Å². The molecular formula is C24H19BrClN3O2S. The maximum absolute atomic E-state index is 12.6. The Labute approximate surface area is 204 Å². The molecule has 0 unspecified atom stereocenters. The summed E-state index contributed by atoms with van der Waals surface area (Å²) >= 11 is 14.8. The summed E-state index contributed by atoms with van der Waals surface area (Å²) in [5.41, 5.74) is 6.69. The molecule has 0 bridgehead atoms. The number of nitrogens with one attached hydrogen (secondary N) is 2. The number of aromatic nitrogens is 1. The van der Waals surface area contributed by atoms with Crippen molar-refractivity contribution in [2.75, 3.05) is 5.32 Å². The summed E-state index contributed by atoms with van der Waals surface area (Å²) in [6.45, 7) is 6.04. The highest BCUT2D eigenvalue weighted by Gasteiger charge is 2.15. The van der Waals surface area contributed by atoms with Gasteiger partial charge in [-0.05, 0) is 92.1 Å². The van der Waals surface area contributed by atoms with Gasteiger partial charge in [0, 0.05) is 15.7 Å². The smallest absolute Gasteiger partial charge is 0.258 e. The second-order valence-corrected chi connectivity index (χ2v) is 9.22. The van der Waals surface area contributed by atoms with Gasteiger partial charge >= 0.3 is 0 Å². The molecule has 3 aromatic carbocycles. The zero-order valence-electron chi connectivity index (χ0n) is 17.5. The lowest BCUT2D eigenvalue weighted by molar-refractivity contribution is 0.0978. The highest BCUT2D eigenvalue weighted by molar-refractivity contribution is 9.10. The van der Waals surface area contributed by atoms with Gasteiger partial charge in [0.25, 0.3) is 5.91 Å². The molecule has 5 nitrogen and oxygen atoms in total. The number of nitrogens with zero attached hydrogens (tertiary/aromatic N) is 1. The molecule has 0 aliphatic rings. The Kier molecular flexibility index (Phi) is 6.33. The van der Waals surface area contributed by atoms with Crippen molar-refractivity contribution >= 4 is 67.6 Å². The lowest BCUT2D eigenvalue weighted by Gasteiger charge is -2.13. The number of benzene rings is 3. The lowest BCUT2D eigenvalue weighted by Crippen LogP contribution is -2.34. The van der Waals surface area contributed by atoms with Gasteiger partial charge < -0.3 is 9.73 Å². The van der Waals surface area contributed by atoms with E-state index in [1.54, 1.807) is 18.2 Å². The van der Waals surface area contributed by atoms with E-state index in [9.17, 15) is 4.79 Å². The molecule has 8 heteroatoms. The molecule has 0 aliphatic carbocycles. The number of thiocarbonyl (C=S) groups is 1. The maximum atomic E-state index is 12.6. The molecule has 4 rings (SSSR count). The van der Waals surface area contributed by atoms with E-state index in [4.69, 9.17) is 28.2 Å². The molecule has 1 heterocycles. The summed E-state index contributed by atoms with van der Waals surface area (Å²) in [7, 11) is 0. The molecule has 0 saturated heterocycles. The third kappa shape index (κ3) is 4.70. The predicted molar refractivity (Wildman–Crippen MR) is 136 cm³/mol. The van der Waals surface area contributed by atoms with Gasteiger partial charge in [-0.15, -0.1) is 0 Å². The van der Waals surface area contributed by atoms with Gasteiger partial charge in [-0.2, -0.15) is 0 Å². The number of carbonyl (C=O) groups is 1. The van der Waals surface area contributed by atoms with Crippen LogP contribution in [0.4, 0.5) is 5.69 Å². The molecule has 4 aromatic rings. The second kappa shape index (κ2) is 9.02. The molecule has 0 atom stereocenters. The predicted octanol–water partition coefficient (Wildman–Crippen LogP) is 6.96. The molecular weight excluding hydrogens is 510 g/mol. The minimum atomic E-state index is -0.396. The molecule has 0 fully saturated rings. The van der Waals surface area contributed by atoms with Crippen molar-refractivity contribution in [1.82, 2.24) is 10.3 Å². The van der Waals surface area contributed by atoms with E-state index < -0.39 is 5.91 Å². The van der Waals surface area contributed by atoms with Crippen LogP contribution in [0.5, 0.6) is 0 Å². The number of hydrogen-bond acceptors (Lipinski definition) is 4. The van der Waals surface area contributed by atoms with Crippen LogP contribution in [0.2, 0.25) is 5.02 Å². The number of fused-ring (bicyclic) bond motifs is 1. The highest BCUT2D eigenvalue weighted by atomic mass is 79.9. The zero-order chi connectivity index (χ0) is 23.0. The normalized spacial score (nSPS) is 10.9. The fraction of sp³-hybridized carbons (Fsp3) is 0.125. The number of rotatable bonds is 3. The quantitative estimate of drug-likeness (QED) is 0.281. The van der Waals surface area contributed by atoms with E-state index in [2.05, 4.69) is 31.5 Å². The van der Waals surface area contributed by atoms with Crippen LogP contribution in [0.1, 0.15) is 27.0 Å². The van der Waals surface area contributed by atoms with Crippen molar-refractivity contribution in [3.63, 3.8) is 0 Å². The Morgan fingerprint density at radius 2 is 1.78 bits per heavy atom. The third-order valence-electron chi connectivity index (χ3n) is 5.14. The van der Waals surface area contributed by atoms with Crippen LogP contribution in [0.15, 0.2) is 57.4 Å². The van der Waals surface area contributed by atoms with Crippen LogP contribution >= 0.6 is 39.7 Å². The fourth-order valence-corrected chi connectivity index (χ4v) is 3.96. The Balaban J connectivity index is 1.56. The first-order chi connectivity index (χ1) is 15.2. The molecule has 0 radical (unpaired) electrons. The molecule has 0 saturated carbocycles. The molecule has 2 N–H and O–H groups in total. The van der Waals surface area contributed by atoms with Gasteiger partial charge in [-0.1, -0.05) is 33.6 Å². The molecule has 1 amide bonds. The minimum absolute atomic E-state index is 0.162. The van der Waals surface area contributed by atoms with Crippen molar-refractivity contribution < 1.29 is 9.21 Å². The van der Waals surface area contributed by atoms with Crippen molar-refractivity contribution in [3.05, 3.63) is 80.3 Å². The molecule has 162 valence electrons. The summed E-state index contributed by atoms with van der Waals surface area (Å²) in [5, 5.41) is 6.26. The summed E-state index contributed by atoms with van der Waals surface area (Å²) in [5.74, 6) is 0.121. The first kappa shape index (κ1) is 22.5. The first-order valence-electron chi connectivity index (χ1n) is 9.77. The monoisotopic (exact) mass is 527 g/mol. The lowest BCUT2D eigenvalue weighted by atomic mass is 10.1. The van der Waals surface area contributed by atoms with Crippen molar-refractivity contribution in [2.45, 2.75) is 20.8 Å². The summed E-state index contributed by atoms with van der Waals surface area (Å²) in [6, 6.07) is 14.8. The number of hydrogen-bond donors (Lipinski definition) is 2. The summed E-state index contributed by atoms with van der Waals surface area (Å²) < 4.78 is 6.72. The molecule has 0 aliphatic heterocycles. The minimum Gasteiger partial charge on any atom is -0.436 e. The highest BCUT2D eigenvalue weighted by Crippen LogP contribution is 2.29. The van der Waals surface area contributed by atoms with Gasteiger partial charge in [-0.3, -0.25) is 10.1 Å². The number of halogens is 2. The van der Waals surface area contributed by atoms with E-state index in [0.29, 0.717) is 16.5 Å². The van der Waals surface area contributed by atoms with E-state index in [-0.39, 0.29) is 5.11 Å². The maximum Gasteiger partial charge on any atom is 0.258 e. The largest absolute Gasteiger partial charge is 0.436 e. The van der Waals surface area contributed by atoms with Gasteiger partial charge in [0.1, 0.15) is 5.52 Å². The average Bonchev–Trinajstić information content (AvgIpc) is 3.14. The Bertz CT molecular complexity index is 1340. The Morgan fingerprint density at radius 3 is 2.56 bits per heavy atom. The van der Waals surface area contributed by atoms with Crippen molar-refractivity contribution in [3.8, 4) is 11.5 Å². The second-order valence-electron chi connectivity index (χ2n) is 7.49.